The van der Waals surface area contributed by atoms with Crippen molar-refractivity contribution < 1.29 is 19.7 Å². The van der Waals surface area contributed by atoms with Crippen molar-refractivity contribution in [1.82, 2.24) is 0 Å². The Morgan fingerprint density at radius 1 is 1.33 bits per heavy atom. The summed E-state index contributed by atoms with van der Waals surface area (Å²) >= 11 is 6.30. The Labute approximate surface area is 126 Å². The van der Waals surface area contributed by atoms with E-state index in [4.69, 9.17) is 21.4 Å². The molecule has 0 aliphatic carbocycles. The maximum absolute atomic E-state index is 11.1. The molecule has 0 saturated heterocycles. The van der Waals surface area contributed by atoms with Gasteiger partial charge in [0.15, 0.2) is 0 Å². The van der Waals surface area contributed by atoms with Gasteiger partial charge in [0, 0.05) is 27.3 Å². The number of aliphatic carboxylic acids is 1. The van der Waals surface area contributed by atoms with Gasteiger partial charge in [-0.2, -0.15) is 0 Å². The monoisotopic (exact) mass is 306 g/mol. The summed E-state index contributed by atoms with van der Waals surface area (Å²) in [6.45, 7) is 1.74. The highest BCUT2D eigenvalue weighted by atomic mass is 35.5. The molecule has 21 heavy (non-hydrogen) atoms. The van der Waals surface area contributed by atoms with Crippen LogP contribution in [0.25, 0.3) is 10.8 Å². The molecular weight excluding hydrogens is 292 g/mol. The fourth-order valence-electron chi connectivity index (χ4n) is 2.92. The molecule has 0 bridgehead atoms. The first-order valence-electron chi connectivity index (χ1n) is 6.76. The van der Waals surface area contributed by atoms with Crippen LogP contribution in [-0.4, -0.2) is 28.4 Å². The molecule has 0 radical (unpaired) electrons. The van der Waals surface area contributed by atoms with Crippen LogP contribution in [0.5, 0.6) is 5.75 Å². The minimum Gasteiger partial charge on any atom is -0.487 e. The van der Waals surface area contributed by atoms with E-state index in [0.29, 0.717) is 16.3 Å². The van der Waals surface area contributed by atoms with E-state index in [-0.39, 0.29) is 6.42 Å². The molecule has 0 amide bonds. The summed E-state index contributed by atoms with van der Waals surface area (Å²) in [5.74, 6) is -0.856. The van der Waals surface area contributed by atoms with Crippen molar-refractivity contribution in [3.63, 3.8) is 0 Å². The molecular formula is C16H15ClO4. The quantitative estimate of drug-likeness (QED) is 0.894. The number of benzene rings is 2. The van der Waals surface area contributed by atoms with Gasteiger partial charge in [-0.25, -0.2) is 0 Å². The summed E-state index contributed by atoms with van der Waals surface area (Å²) in [4.78, 5) is 11.1. The molecule has 2 aromatic carbocycles. The third-order valence-corrected chi connectivity index (χ3v) is 4.28. The number of halogens is 1. The summed E-state index contributed by atoms with van der Waals surface area (Å²) in [7, 11) is 0. The van der Waals surface area contributed by atoms with Gasteiger partial charge in [-0.3, -0.25) is 4.79 Å². The first-order valence-corrected chi connectivity index (χ1v) is 7.14. The lowest BCUT2D eigenvalue weighted by atomic mass is 9.84. The Bertz CT molecular complexity index is 713. The molecule has 0 aromatic heterocycles. The van der Waals surface area contributed by atoms with Crippen LogP contribution in [0.2, 0.25) is 5.02 Å². The second-order valence-electron chi connectivity index (χ2n) is 5.34. The van der Waals surface area contributed by atoms with Gasteiger partial charge in [0.25, 0.3) is 0 Å². The Morgan fingerprint density at radius 2 is 2.00 bits per heavy atom. The fourth-order valence-corrected chi connectivity index (χ4v) is 3.20. The van der Waals surface area contributed by atoms with Crippen LogP contribution in [0.3, 0.4) is 0 Å². The Balaban J connectivity index is 2.24. The number of hydrogen-bond donors (Lipinski definition) is 2. The summed E-state index contributed by atoms with van der Waals surface area (Å²) in [5.41, 5.74) is 0.659. The minimum atomic E-state index is -0.955. The van der Waals surface area contributed by atoms with Gasteiger partial charge >= 0.3 is 5.97 Å². The molecule has 2 N–H and O–H groups in total. The number of aliphatic hydroxyl groups excluding tert-OH is 1. The number of ether oxygens (including phenoxy) is 1. The Morgan fingerprint density at radius 3 is 2.67 bits per heavy atom. The molecule has 3 atom stereocenters. The van der Waals surface area contributed by atoms with Crippen molar-refractivity contribution >= 4 is 28.3 Å². The van der Waals surface area contributed by atoms with Gasteiger partial charge in [-0.1, -0.05) is 35.9 Å². The third kappa shape index (κ3) is 2.34. The van der Waals surface area contributed by atoms with Crippen molar-refractivity contribution in [3.05, 3.63) is 40.9 Å². The smallest absolute Gasteiger partial charge is 0.304 e. The highest BCUT2D eigenvalue weighted by molar-refractivity contribution is 6.36. The molecule has 1 aliphatic heterocycles. The van der Waals surface area contributed by atoms with Gasteiger partial charge in [-0.15, -0.1) is 0 Å². The van der Waals surface area contributed by atoms with Gasteiger partial charge in [0.05, 0.1) is 12.5 Å². The van der Waals surface area contributed by atoms with Crippen molar-refractivity contribution in [2.24, 2.45) is 0 Å². The molecule has 1 heterocycles. The average Bonchev–Trinajstić information content (AvgIpc) is 2.45. The largest absolute Gasteiger partial charge is 0.487 e. The Kier molecular flexibility index (Phi) is 3.51. The molecule has 3 unspecified atom stereocenters. The highest BCUT2D eigenvalue weighted by Crippen LogP contribution is 2.45. The minimum absolute atomic E-state index is 0.156. The van der Waals surface area contributed by atoms with Crippen molar-refractivity contribution in [2.75, 3.05) is 0 Å². The standard InChI is InChI=1S/C16H15ClO4/c1-8-15(20)11(7-14(18)19)12-6-13(17)9-4-2-3-5-10(9)16(12)21-8/h2-6,8,11,15,20H,7H2,1H3,(H,18,19). The zero-order valence-electron chi connectivity index (χ0n) is 11.4. The predicted octanol–water partition coefficient (Wildman–Crippen LogP) is 3.19. The van der Waals surface area contributed by atoms with Gasteiger partial charge in [0.2, 0.25) is 0 Å². The van der Waals surface area contributed by atoms with Gasteiger partial charge < -0.3 is 14.9 Å². The zero-order valence-corrected chi connectivity index (χ0v) is 12.2. The topological polar surface area (TPSA) is 66.8 Å². The highest BCUT2D eigenvalue weighted by Gasteiger charge is 2.37. The molecule has 0 saturated carbocycles. The number of hydrogen-bond acceptors (Lipinski definition) is 3. The summed E-state index contributed by atoms with van der Waals surface area (Å²) in [5, 5.41) is 21.6. The summed E-state index contributed by atoms with van der Waals surface area (Å²) in [6, 6.07) is 9.26. The molecule has 4 nitrogen and oxygen atoms in total. The van der Waals surface area contributed by atoms with E-state index >= 15 is 0 Å². The van der Waals surface area contributed by atoms with Crippen LogP contribution in [0.1, 0.15) is 24.8 Å². The maximum atomic E-state index is 11.1. The summed E-state index contributed by atoms with van der Waals surface area (Å²) in [6.07, 6.45) is -1.49. The van der Waals surface area contributed by atoms with E-state index in [1.54, 1.807) is 13.0 Å². The predicted molar refractivity (Wildman–Crippen MR) is 80.0 cm³/mol. The first-order chi connectivity index (χ1) is 9.99. The van der Waals surface area contributed by atoms with E-state index in [9.17, 15) is 9.90 Å². The lowest BCUT2D eigenvalue weighted by Crippen LogP contribution is -2.39. The lowest BCUT2D eigenvalue weighted by Gasteiger charge is -2.35. The molecule has 2 aromatic rings. The van der Waals surface area contributed by atoms with Crippen molar-refractivity contribution in [3.8, 4) is 5.75 Å². The van der Waals surface area contributed by atoms with Crippen molar-refractivity contribution in [2.45, 2.75) is 31.5 Å². The Hall–Kier alpha value is -1.78. The molecule has 110 valence electrons. The van der Waals surface area contributed by atoms with Crippen LogP contribution < -0.4 is 4.74 Å². The van der Waals surface area contributed by atoms with Crippen molar-refractivity contribution in [1.29, 1.82) is 0 Å². The SMILES string of the molecule is CC1Oc2c(cc(Cl)c3ccccc23)C(CC(=O)O)C1O. The number of carbonyl (C=O) groups is 1. The van der Waals surface area contributed by atoms with Gasteiger partial charge in [0.1, 0.15) is 11.9 Å². The number of aliphatic hydroxyl groups is 1. The zero-order chi connectivity index (χ0) is 15.1. The normalized spacial score (nSPS) is 24.4. The lowest BCUT2D eigenvalue weighted by molar-refractivity contribution is -0.138. The number of carboxylic acid groups (broad SMARTS) is 1. The third-order valence-electron chi connectivity index (χ3n) is 3.96. The van der Waals surface area contributed by atoms with Crippen LogP contribution in [0.4, 0.5) is 0 Å². The van der Waals surface area contributed by atoms with Crippen LogP contribution >= 0.6 is 11.6 Å². The maximum Gasteiger partial charge on any atom is 0.304 e. The average molecular weight is 307 g/mol. The second kappa shape index (κ2) is 5.20. The van der Waals surface area contributed by atoms with Crippen LogP contribution in [-0.2, 0) is 4.79 Å². The second-order valence-corrected chi connectivity index (χ2v) is 5.75. The van der Waals surface area contributed by atoms with E-state index in [1.165, 1.54) is 0 Å². The number of rotatable bonds is 2. The fraction of sp³-hybridized carbons (Fsp3) is 0.312. The van der Waals surface area contributed by atoms with E-state index in [0.717, 1.165) is 10.8 Å². The number of carboxylic acids is 1. The van der Waals surface area contributed by atoms with Gasteiger partial charge in [-0.05, 0) is 13.0 Å². The molecule has 1 aliphatic rings. The van der Waals surface area contributed by atoms with Crippen LogP contribution in [0, 0.1) is 0 Å². The summed E-state index contributed by atoms with van der Waals surface area (Å²) < 4.78 is 5.82. The van der Waals surface area contributed by atoms with Crippen LogP contribution in [0.15, 0.2) is 30.3 Å². The van der Waals surface area contributed by atoms with E-state index < -0.39 is 24.1 Å². The first kappa shape index (κ1) is 14.2. The molecule has 5 heteroatoms. The molecule has 0 spiro atoms. The van der Waals surface area contributed by atoms with E-state index in [1.807, 2.05) is 24.3 Å². The molecule has 3 rings (SSSR count). The molecule has 0 fully saturated rings. The number of fused-ring (bicyclic) bond motifs is 3. The van der Waals surface area contributed by atoms with E-state index in [2.05, 4.69) is 0 Å².